The van der Waals surface area contributed by atoms with Gasteiger partial charge in [-0.3, -0.25) is 19.4 Å². The minimum absolute atomic E-state index is 0.0728. The van der Waals surface area contributed by atoms with Gasteiger partial charge in [0.15, 0.2) is 5.82 Å². The smallest absolute Gasteiger partial charge is 0.238 e. The molecule has 1 aliphatic rings. The molecule has 0 radical (unpaired) electrons. The van der Waals surface area contributed by atoms with E-state index in [0.717, 1.165) is 44.9 Å². The summed E-state index contributed by atoms with van der Waals surface area (Å²) in [5.74, 6) is 1.87. The summed E-state index contributed by atoms with van der Waals surface area (Å²) >= 11 is 0. The third-order valence-electron chi connectivity index (χ3n) is 6.81. The van der Waals surface area contributed by atoms with Crippen molar-refractivity contribution < 1.29 is 9.53 Å². The highest BCUT2D eigenvalue weighted by Crippen LogP contribution is 2.33. The number of carbonyl (C=O) groups is 1. The number of rotatable bonds is 8. The minimum atomic E-state index is -0.0728. The van der Waals surface area contributed by atoms with Crippen molar-refractivity contribution in [2.24, 2.45) is 7.05 Å². The van der Waals surface area contributed by atoms with Crippen LogP contribution in [-0.4, -0.2) is 66.3 Å². The Kier molecular flexibility index (Phi) is 6.41. The zero-order valence-electron chi connectivity index (χ0n) is 22.0. The Balaban J connectivity index is 1.14. The molecular formula is C28H29N9O2. The number of likely N-dealkylation sites (tertiary alicyclic amines) is 1. The Hall–Kier alpha value is -4.77. The monoisotopic (exact) mass is 523 g/mol. The number of ether oxygens (including phenoxy) is 1. The summed E-state index contributed by atoms with van der Waals surface area (Å²) in [7, 11) is 1.89. The van der Waals surface area contributed by atoms with Gasteiger partial charge in [0, 0.05) is 67.6 Å². The summed E-state index contributed by atoms with van der Waals surface area (Å²) in [6.45, 7) is 5.67. The maximum Gasteiger partial charge on any atom is 0.238 e. The highest BCUT2D eigenvalue weighted by molar-refractivity contribution is 6.06. The van der Waals surface area contributed by atoms with Crippen molar-refractivity contribution in [2.75, 3.05) is 30.3 Å². The number of fused-ring (bicyclic) bond motifs is 1. The number of anilines is 3. The van der Waals surface area contributed by atoms with E-state index in [0.29, 0.717) is 31.4 Å². The average molecular weight is 524 g/mol. The van der Waals surface area contributed by atoms with Crippen LogP contribution in [-0.2, 0) is 11.8 Å². The SMILES string of the molecule is Cc1cnc(Nc2cc(C)n(C)n2)nc1-c1c[nH]c2c(NC(=O)CN3CC(Oc4ccncc4)C3)cccc12. The number of para-hydroxylation sites is 1. The molecule has 1 amide bonds. The van der Waals surface area contributed by atoms with Gasteiger partial charge in [-0.05, 0) is 37.6 Å². The number of H-pyrrole nitrogens is 1. The van der Waals surface area contributed by atoms with E-state index in [9.17, 15) is 4.79 Å². The Bertz CT molecular complexity index is 1620. The van der Waals surface area contributed by atoms with Gasteiger partial charge in [0.25, 0.3) is 0 Å². The van der Waals surface area contributed by atoms with Crippen LogP contribution in [0.25, 0.3) is 22.2 Å². The first-order valence-electron chi connectivity index (χ1n) is 12.7. The highest BCUT2D eigenvalue weighted by atomic mass is 16.5. The number of aromatic amines is 1. The number of nitrogens with zero attached hydrogens (tertiary/aromatic N) is 6. The van der Waals surface area contributed by atoms with E-state index in [1.807, 2.05) is 63.5 Å². The first-order chi connectivity index (χ1) is 18.9. The van der Waals surface area contributed by atoms with Crippen molar-refractivity contribution in [3.63, 3.8) is 0 Å². The molecule has 11 nitrogen and oxygen atoms in total. The van der Waals surface area contributed by atoms with Gasteiger partial charge < -0.3 is 20.4 Å². The van der Waals surface area contributed by atoms with Crippen LogP contribution in [0, 0.1) is 13.8 Å². The molecule has 4 aromatic heterocycles. The zero-order chi connectivity index (χ0) is 26.9. The second-order valence-corrected chi connectivity index (χ2v) is 9.74. The van der Waals surface area contributed by atoms with Crippen molar-refractivity contribution in [3.8, 4) is 17.0 Å². The van der Waals surface area contributed by atoms with Gasteiger partial charge in [-0.15, -0.1) is 0 Å². The Morgan fingerprint density at radius 2 is 2.00 bits per heavy atom. The second-order valence-electron chi connectivity index (χ2n) is 9.74. The number of hydrogen-bond acceptors (Lipinski definition) is 8. The van der Waals surface area contributed by atoms with Crippen LogP contribution in [0.3, 0.4) is 0 Å². The van der Waals surface area contributed by atoms with E-state index in [1.54, 1.807) is 23.3 Å². The van der Waals surface area contributed by atoms with Gasteiger partial charge in [0.05, 0.1) is 23.4 Å². The van der Waals surface area contributed by atoms with E-state index < -0.39 is 0 Å². The quantitative estimate of drug-likeness (QED) is 0.280. The number of aryl methyl sites for hydroxylation is 3. The molecule has 0 unspecified atom stereocenters. The number of benzene rings is 1. The van der Waals surface area contributed by atoms with E-state index in [2.05, 4.69) is 35.6 Å². The molecule has 3 N–H and O–H groups in total. The fourth-order valence-corrected chi connectivity index (χ4v) is 4.69. The Morgan fingerprint density at radius 3 is 2.77 bits per heavy atom. The van der Waals surface area contributed by atoms with Gasteiger partial charge in [-0.2, -0.15) is 5.10 Å². The summed E-state index contributed by atoms with van der Waals surface area (Å²) in [5, 5.41) is 11.6. The van der Waals surface area contributed by atoms with Crippen molar-refractivity contribution in [3.05, 3.63) is 72.4 Å². The summed E-state index contributed by atoms with van der Waals surface area (Å²) in [6.07, 6.45) is 7.20. The third-order valence-corrected chi connectivity index (χ3v) is 6.81. The lowest BCUT2D eigenvalue weighted by Gasteiger charge is -2.38. The minimum Gasteiger partial charge on any atom is -0.488 e. The van der Waals surface area contributed by atoms with Gasteiger partial charge >= 0.3 is 0 Å². The van der Waals surface area contributed by atoms with Gasteiger partial charge in [-0.25, -0.2) is 9.97 Å². The number of aromatic nitrogens is 6. The van der Waals surface area contributed by atoms with E-state index in [1.165, 1.54) is 0 Å². The molecule has 5 aromatic rings. The molecule has 11 heteroatoms. The second kappa shape index (κ2) is 10.2. The molecule has 39 heavy (non-hydrogen) atoms. The van der Waals surface area contributed by atoms with Gasteiger partial charge in [0.1, 0.15) is 11.9 Å². The van der Waals surface area contributed by atoms with Crippen LogP contribution >= 0.6 is 0 Å². The molecule has 6 rings (SSSR count). The topological polar surface area (TPSA) is 126 Å². The number of amides is 1. The van der Waals surface area contributed by atoms with Crippen LogP contribution in [0.5, 0.6) is 5.75 Å². The summed E-state index contributed by atoms with van der Waals surface area (Å²) in [4.78, 5) is 31.5. The predicted octanol–water partition coefficient (Wildman–Crippen LogP) is 3.82. The molecule has 198 valence electrons. The summed E-state index contributed by atoms with van der Waals surface area (Å²) in [6, 6.07) is 11.5. The fraction of sp³-hybridized carbons (Fsp3) is 0.250. The molecule has 0 saturated carbocycles. The van der Waals surface area contributed by atoms with E-state index in [4.69, 9.17) is 9.72 Å². The molecule has 0 spiro atoms. The van der Waals surface area contributed by atoms with Crippen molar-refractivity contribution in [2.45, 2.75) is 20.0 Å². The summed E-state index contributed by atoms with van der Waals surface area (Å²) < 4.78 is 7.70. The van der Waals surface area contributed by atoms with E-state index in [-0.39, 0.29) is 12.0 Å². The first-order valence-corrected chi connectivity index (χ1v) is 12.7. The highest BCUT2D eigenvalue weighted by Gasteiger charge is 2.30. The Morgan fingerprint density at radius 1 is 1.18 bits per heavy atom. The van der Waals surface area contributed by atoms with Crippen LogP contribution in [0.2, 0.25) is 0 Å². The lowest BCUT2D eigenvalue weighted by Crippen LogP contribution is -2.55. The van der Waals surface area contributed by atoms with Gasteiger partial charge in [-0.1, -0.05) is 12.1 Å². The molecule has 5 heterocycles. The molecule has 0 aliphatic carbocycles. The van der Waals surface area contributed by atoms with Crippen LogP contribution in [0.15, 0.2) is 61.2 Å². The predicted molar refractivity (Wildman–Crippen MR) is 149 cm³/mol. The van der Waals surface area contributed by atoms with Crippen LogP contribution in [0.1, 0.15) is 11.3 Å². The van der Waals surface area contributed by atoms with Crippen molar-refractivity contribution >= 4 is 34.3 Å². The molecule has 0 atom stereocenters. The largest absolute Gasteiger partial charge is 0.488 e. The number of pyridine rings is 1. The summed E-state index contributed by atoms with van der Waals surface area (Å²) in [5.41, 5.74) is 5.27. The molecule has 1 aromatic carbocycles. The van der Waals surface area contributed by atoms with Crippen LogP contribution in [0.4, 0.5) is 17.5 Å². The van der Waals surface area contributed by atoms with Crippen molar-refractivity contribution in [1.82, 2.24) is 34.6 Å². The van der Waals surface area contributed by atoms with Crippen molar-refractivity contribution in [1.29, 1.82) is 0 Å². The molecule has 1 saturated heterocycles. The maximum absolute atomic E-state index is 12.8. The third kappa shape index (κ3) is 5.16. The van der Waals surface area contributed by atoms with Crippen LogP contribution < -0.4 is 15.4 Å². The normalized spacial score (nSPS) is 13.8. The lowest BCUT2D eigenvalue weighted by molar-refractivity contribution is -0.119. The molecule has 1 aliphatic heterocycles. The van der Waals surface area contributed by atoms with E-state index >= 15 is 0 Å². The Labute approximate surface area is 225 Å². The molecule has 1 fully saturated rings. The molecular weight excluding hydrogens is 494 g/mol. The molecule has 0 bridgehead atoms. The lowest BCUT2D eigenvalue weighted by atomic mass is 10.1. The average Bonchev–Trinajstić information content (AvgIpc) is 3.47. The fourth-order valence-electron chi connectivity index (χ4n) is 4.69. The number of hydrogen-bond donors (Lipinski definition) is 3. The number of carbonyl (C=O) groups excluding carboxylic acids is 1. The maximum atomic E-state index is 12.8. The zero-order valence-corrected chi connectivity index (χ0v) is 22.0. The first kappa shape index (κ1) is 24.6. The number of nitrogens with one attached hydrogen (secondary N) is 3. The standard InChI is InChI=1S/C28H29N9O2/c1-17-12-31-28(33-24-11-18(2)36(3)35-24)34-26(17)22-13-30-27-21(22)5-4-6-23(27)32-25(38)16-37-14-20(15-37)39-19-7-9-29-10-8-19/h4-13,20,30H,14-16H2,1-3H3,(H,32,38)(H,31,33,34,35). The van der Waals surface area contributed by atoms with Gasteiger partial charge in [0.2, 0.25) is 11.9 Å².